The van der Waals surface area contributed by atoms with Gasteiger partial charge in [-0.25, -0.2) is 24.1 Å². The van der Waals surface area contributed by atoms with Crippen LogP contribution in [-0.4, -0.2) is 77.2 Å². The maximum atomic E-state index is 11.6. The Morgan fingerprint density at radius 2 is 1.90 bits per heavy atom. The summed E-state index contributed by atoms with van der Waals surface area (Å²) in [6.45, 7) is -1.02. The summed E-state index contributed by atoms with van der Waals surface area (Å²) < 4.78 is 71.5. The van der Waals surface area contributed by atoms with Crippen LogP contribution in [0.2, 0.25) is 0 Å². The van der Waals surface area contributed by atoms with E-state index < -0.39 is 57.2 Å². The summed E-state index contributed by atoms with van der Waals surface area (Å²) in [5.41, 5.74) is 5.80. The van der Waals surface area contributed by atoms with Gasteiger partial charge in [-0.2, -0.15) is 8.42 Å². The number of nitrogen functional groups attached to an aromatic ring is 1. The fraction of sp³-hybridized carbons (Fsp3) is 0.500. The highest BCUT2D eigenvalue weighted by Crippen LogP contribution is 2.48. The second kappa shape index (κ2) is 8.39. The Kier molecular flexibility index (Phi) is 6.51. The summed E-state index contributed by atoms with van der Waals surface area (Å²) >= 11 is 0. The Labute approximate surface area is 172 Å². The molecule has 0 radical (unpaired) electrons. The van der Waals surface area contributed by atoms with Crippen LogP contribution in [0.3, 0.4) is 0 Å². The Hall–Kier alpha value is -1.60. The van der Waals surface area contributed by atoms with Crippen molar-refractivity contribution in [3.63, 3.8) is 0 Å². The molecule has 0 aliphatic carbocycles. The molecule has 0 aromatic carbocycles. The number of aliphatic hydroxyl groups excluding tert-OH is 1. The maximum absolute atomic E-state index is 11.6. The number of hydrogen-bond acceptors (Lipinski definition) is 13. The third-order valence-electron chi connectivity index (χ3n) is 3.82. The van der Waals surface area contributed by atoms with Crippen LogP contribution >= 0.6 is 15.6 Å². The van der Waals surface area contributed by atoms with Crippen LogP contribution in [0.1, 0.15) is 6.23 Å². The van der Waals surface area contributed by atoms with Crippen molar-refractivity contribution in [2.24, 2.45) is 0 Å². The lowest BCUT2D eigenvalue weighted by Crippen LogP contribution is -2.35. The zero-order chi connectivity index (χ0) is 23.2. The molecule has 31 heavy (non-hydrogen) atoms. The number of aromatic nitrogens is 4. The van der Waals surface area contributed by atoms with Gasteiger partial charge in [-0.3, -0.25) is 18.2 Å². The number of nitrogens with two attached hydrogens (primary N) is 1. The predicted molar refractivity (Wildman–Crippen MR) is 95.0 cm³/mol. The quantitative estimate of drug-likeness (QED) is 0.168. The summed E-state index contributed by atoms with van der Waals surface area (Å²) in [6.07, 6.45) is -4.58. The van der Waals surface area contributed by atoms with Crippen molar-refractivity contribution in [2.75, 3.05) is 12.3 Å². The third kappa shape index (κ3) is 5.80. The first-order valence-corrected chi connectivity index (χ1v) is 12.2. The molecule has 1 unspecified atom stereocenters. The van der Waals surface area contributed by atoms with E-state index in [9.17, 15) is 27.5 Å². The zero-order valence-corrected chi connectivity index (χ0v) is 17.4. The first-order chi connectivity index (χ1) is 14.2. The maximum Gasteiger partial charge on any atom is 0.488 e. The summed E-state index contributed by atoms with van der Waals surface area (Å²) in [7, 11) is -15.9. The molecule has 2 aromatic rings. The lowest BCUT2D eigenvalue weighted by Gasteiger charge is -2.22. The summed E-state index contributed by atoms with van der Waals surface area (Å²) in [5.74, 6) is -0.0294. The second-order valence-electron chi connectivity index (χ2n) is 5.97. The molecule has 3 heterocycles. The van der Waals surface area contributed by atoms with Crippen molar-refractivity contribution in [3.05, 3.63) is 12.7 Å². The molecule has 174 valence electrons. The van der Waals surface area contributed by atoms with Crippen LogP contribution in [0, 0.1) is 0 Å². The molecule has 7 N–H and O–H groups in total. The number of phosphoric ester groups is 2. The van der Waals surface area contributed by atoms with E-state index in [-0.39, 0.29) is 17.0 Å². The number of ether oxygens (including phenoxy) is 1. The first-order valence-electron chi connectivity index (χ1n) is 7.83. The van der Waals surface area contributed by atoms with Crippen LogP contribution in [0.5, 0.6) is 0 Å². The number of nitrogens with zero attached hydrogens (tertiary/aromatic N) is 4. The van der Waals surface area contributed by atoms with Gasteiger partial charge in [-0.05, 0) is 0 Å². The highest BCUT2D eigenvalue weighted by molar-refractivity contribution is 7.85. The summed E-state index contributed by atoms with van der Waals surface area (Å²) in [6, 6.07) is 0. The van der Waals surface area contributed by atoms with Crippen molar-refractivity contribution >= 4 is 43.0 Å². The topological polar surface area (TPSA) is 276 Å². The molecule has 1 aliphatic rings. The third-order valence-corrected chi connectivity index (χ3v) is 6.32. The molecule has 0 amide bonds. The molecule has 1 saturated heterocycles. The fourth-order valence-corrected chi connectivity index (χ4v) is 4.72. The highest BCUT2D eigenvalue weighted by Gasteiger charge is 2.49. The standard InChI is InChI=1S/C10H15N5O13P2S/c11-8-5-9(13-2-12-8)15(3-14-5)10-7(27-29(17,18)19)6(16)4(26-10)1-25-30(20,21)28-31(22,23)24/h2-4,6-7,10,16H,1H2,(H,20,21)(H2,11,12,13)(H2,17,18,19)(H,22,23,24)/t4-,6-,7-,10-/m1/s1. The zero-order valence-electron chi connectivity index (χ0n) is 14.8. The van der Waals surface area contributed by atoms with E-state index in [1.54, 1.807) is 0 Å². The molecule has 0 bridgehead atoms. The number of anilines is 1. The number of rotatable bonds is 8. The first kappa shape index (κ1) is 24.1. The monoisotopic (exact) mass is 507 g/mol. The van der Waals surface area contributed by atoms with E-state index in [1.807, 2.05) is 0 Å². The number of phosphoric acid groups is 2. The molecule has 5 atom stereocenters. The van der Waals surface area contributed by atoms with E-state index in [0.717, 1.165) is 17.2 Å². The molecule has 18 nitrogen and oxygen atoms in total. The van der Waals surface area contributed by atoms with Crippen LogP contribution < -0.4 is 5.73 Å². The van der Waals surface area contributed by atoms with E-state index >= 15 is 0 Å². The number of hydrogen-bond donors (Lipinski definition) is 6. The average molecular weight is 507 g/mol. The largest absolute Gasteiger partial charge is 0.488 e. The SMILES string of the molecule is Nc1ncnc2c1ncn2[C@@H]1O[C@H](COP(=O)(O)OS(=O)(=O)O)[C@@H](O)[C@H]1OP(=O)(O)O. The van der Waals surface area contributed by atoms with Gasteiger partial charge in [-0.15, -0.1) is 3.97 Å². The molecule has 21 heteroatoms. The van der Waals surface area contributed by atoms with Gasteiger partial charge in [0, 0.05) is 0 Å². The Bertz CT molecular complexity index is 1170. The number of aliphatic hydroxyl groups is 1. The van der Waals surface area contributed by atoms with Crippen molar-refractivity contribution < 1.29 is 59.6 Å². The molecular formula is C10H15N5O13P2S. The van der Waals surface area contributed by atoms with Gasteiger partial charge >= 0.3 is 26.0 Å². The average Bonchev–Trinajstić information content (AvgIpc) is 3.13. The van der Waals surface area contributed by atoms with Gasteiger partial charge in [0.05, 0.1) is 12.9 Å². The van der Waals surface area contributed by atoms with Crippen LogP contribution in [0.25, 0.3) is 11.2 Å². The minimum absolute atomic E-state index is 0.0294. The van der Waals surface area contributed by atoms with E-state index in [1.165, 1.54) is 0 Å². The Morgan fingerprint density at radius 1 is 1.23 bits per heavy atom. The van der Waals surface area contributed by atoms with Gasteiger partial charge in [0.2, 0.25) is 0 Å². The van der Waals surface area contributed by atoms with E-state index in [4.69, 9.17) is 24.8 Å². The van der Waals surface area contributed by atoms with Gasteiger partial charge < -0.3 is 30.3 Å². The lowest BCUT2D eigenvalue weighted by molar-refractivity contribution is -0.0495. The van der Waals surface area contributed by atoms with E-state index in [2.05, 4.69) is 28.0 Å². The molecule has 0 spiro atoms. The molecule has 2 aromatic heterocycles. The van der Waals surface area contributed by atoms with E-state index in [0.29, 0.717) is 0 Å². The van der Waals surface area contributed by atoms with Gasteiger partial charge in [0.15, 0.2) is 17.7 Å². The lowest BCUT2D eigenvalue weighted by atomic mass is 10.1. The van der Waals surface area contributed by atoms with Gasteiger partial charge in [-0.1, -0.05) is 0 Å². The van der Waals surface area contributed by atoms with Crippen molar-refractivity contribution in [2.45, 2.75) is 24.5 Å². The van der Waals surface area contributed by atoms with Crippen molar-refractivity contribution in [1.29, 1.82) is 0 Å². The molecule has 1 fully saturated rings. The minimum atomic E-state index is -5.36. The van der Waals surface area contributed by atoms with Crippen LogP contribution in [0.4, 0.5) is 5.82 Å². The number of imidazole rings is 1. The normalized spacial score (nSPS) is 26.9. The Balaban J connectivity index is 1.88. The van der Waals surface area contributed by atoms with Crippen LogP contribution in [0.15, 0.2) is 12.7 Å². The van der Waals surface area contributed by atoms with Gasteiger partial charge in [0.25, 0.3) is 0 Å². The number of fused-ring (bicyclic) bond motifs is 1. The Morgan fingerprint density at radius 3 is 2.52 bits per heavy atom. The van der Waals surface area contributed by atoms with Crippen molar-refractivity contribution in [3.8, 4) is 0 Å². The summed E-state index contributed by atoms with van der Waals surface area (Å²) in [5, 5.41) is 10.4. The summed E-state index contributed by atoms with van der Waals surface area (Å²) in [4.78, 5) is 39.2. The molecule has 1 aliphatic heterocycles. The molecular weight excluding hydrogens is 492 g/mol. The smallest absolute Gasteiger partial charge is 0.387 e. The fourth-order valence-electron chi connectivity index (χ4n) is 2.72. The second-order valence-corrected chi connectivity index (χ2v) is 9.80. The van der Waals surface area contributed by atoms with Crippen LogP contribution in [-0.2, 0) is 37.3 Å². The molecule has 0 saturated carbocycles. The predicted octanol–water partition coefficient (Wildman–Crippen LogP) is -1.92. The highest BCUT2D eigenvalue weighted by atomic mass is 32.3. The molecule has 3 rings (SSSR count). The van der Waals surface area contributed by atoms with Crippen molar-refractivity contribution in [1.82, 2.24) is 19.5 Å². The van der Waals surface area contributed by atoms with Gasteiger partial charge in [0.1, 0.15) is 30.2 Å². The minimum Gasteiger partial charge on any atom is -0.387 e.